The van der Waals surface area contributed by atoms with E-state index in [1.807, 2.05) is 13.0 Å². The number of hydrogen-bond acceptors (Lipinski definition) is 2. The quantitative estimate of drug-likeness (QED) is 0.402. The van der Waals surface area contributed by atoms with E-state index in [0.717, 1.165) is 16.7 Å². The molecule has 1 rings (SSSR count). The van der Waals surface area contributed by atoms with Crippen LogP contribution in [0.15, 0.2) is 39.2 Å². The molecule has 0 unspecified atom stereocenters. The molecular formula is C12H16BrN3O. The van der Waals surface area contributed by atoms with Crippen LogP contribution in [0.4, 0.5) is 5.69 Å². The topological polar surface area (TPSA) is 46.4 Å². The van der Waals surface area contributed by atoms with Crippen molar-refractivity contribution >= 4 is 27.5 Å². The van der Waals surface area contributed by atoms with Gasteiger partial charge in [-0.2, -0.15) is 0 Å². The number of amidine groups is 1. The second-order valence-corrected chi connectivity index (χ2v) is 4.57. The SMILES string of the molecule is C=CCCN=C(C)Nc1cc(Br)cn(C)c1=O. The standard InChI is InChI=1S/C12H16BrN3O/c1-4-5-6-14-9(2)15-11-7-10(13)8-16(3)12(11)17/h4,7-8H,1,5-6H2,2-3H3,(H,14,15). The van der Waals surface area contributed by atoms with Gasteiger partial charge < -0.3 is 9.88 Å². The summed E-state index contributed by atoms with van der Waals surface area (Å²) >= 11 is 3.35. The molecule has 0 spiro atoms. The normalized spacial score (nSPS) is 11.4. The van der Waals surface area contributed by atoms with Crippen molar-refractivity contribution < 1.29 is 0 Å². The highest BCUT2D eigenvalue weighted by Crippen LogP contribution is 2.11. The van der Waals surface area contributed by atoms with Crippen molar-refractivity contribution in [1.82, 2.24) is 4.57 Å². The molecule has 1 aromatic heterocycles. The van der Waals surface area contributed by atoms with Gasteiger partial charge in [-0.05, 0) is 35.3 Å². The van der Waals surface area contributed by atoms with E-state index in [1.165, 1.54) is 4.57 Å². The van der Waals surface area contributed by atoms with Gasteiger partial charge in [0.2, 0.25) is 0 Å². The maximum absolute atomic E-state index is 11.8. The van der Waals surface area contributed by atoms with Gasteiger partial charge >= 0.3 is 0 Å². The van der Waals surface area contributed by atoms with Crippen LogP contribution in [-0.2, 0) is 7.05 Å². The van der Waals surface area contributed by atoms with E-state index < -0.39 is 0 Å². The van der Waals surface area contributed by atoms with Gasteiger partial charge in [0.1, 0.15) is 5.69 Å². The van der Waals surface area contributed by atoms with Gasteiger partial charge in [-0.25, -0.2) is 0 Å². The molecule has 0 atom stereocenters. The van der Waals surface area contributed by atoms with Crippen molar-refractivity contribution in [3.05, 3.63) is 39.7 Å². The van der Waals surface area contributed by atoms with Gasteiger partial charge in [-0.1, -0.05) is 6.08 Å². The minimum atomic E-state index is -0.0773. The lowest BCUT2D eigenvalue weighted by atomic mass is 10.4. The second-order valence-electron chi connectivity index (χ2n) is 3.66. The minimum Gasteiger partial charge on any atom is -0.340 e. The Labute approximate surface area is 109 Å². The molecule has 92 valence electrons. The first-order chi connectivity index (χ1) is 8.04. The van der Waals surface area contributed by atoms with Gasteiger partial charge in [0.05, 0.1) is 5.84 Å². The zero-order valence-electron chi connectivity index (χ0n) is 10.0. The molecule has 17 heavy (non-hydrogen) atoms. The monoisotopic (exact) mass is 297 g/mol. The molecule has 0 amide bonds. The number of halogens is 1. The molecule has 1 N–H and O–H groups in total. The smallest absolute Gasteiger partial charge is 0.274 e. The minimum absolute atomic E-state index is 0.0773. The van der Waals surface area contributed by atoms with E-state index in [1.54, 1.807) is 19.3 Å². The zero-order chi connectivity index (χ0) is 12.8. The van der Waals surface area contributed by atoms with Crippen molar-refractivity contribution in [2.24, 2.45) is 12.0 Å². The van der Waals surface area contributed by atoms with Crippen molar-refractivity contribution in [2.75, 3.05) is 11.9 Å². The molecule has 0 fully saturated rings. The number of hydrogen-bond donors (Lipinski definition) is 1. The fourth-order valence-corrected chi connectivity index (χ4v) is 1.85. The van der Waals surface area contributed by atoms with E-state index in [-0.39, 0.29) is 5.56 Å². The Balaban J connectivity index is 2.84. The van der Waals surface area contributed by atoms with Crippen LogP contribution in [0.1, 0.15) is 13.3 Å². The number of rotatable bonds is 4. The number of aromatic nitrogens is 1. The van der Waals surface area contributed by atoms with Crippen LogP contribution in [-0.4, -0.2) is 16.9 Å². The fraction of sp³-hybridized carbons (Fsp3) is 0.333. The van der Waals surface area contributed by atoms with Crippen molar-refractivity contribution in [3.8, 4) is 0 Å². The number of pyridine rings is 1. The summed E-state index contributed by atoms with van der Waals surface area (Å²) in [6, 6.07) is 1.74. The summed E-state index contributed by atoms with van der Waals surface area (Å²) in [5, 5.41) is 3.00. The van der Waals surface area contributed by atoms with E-state index in [2.05, 4.69) is 32.8 Å². The molecule has 1 aromatic rings. The highest BCUT2D eigenvalue weighted by molar-refractivity contribution is 9.10. The molecule has 0 aromatic carbocycles. The van der Waals surface area contributed by atoms with Gasteiger partial charge in [0, 0.05) is 24.3 Å². The van der Waals surface area contributed by atoms with Crippen LogP contribution >= 0.6 is 15.9 Å². The Kier molecular flexibility index (Phi) is 5.15. The van der Waals surface area contributed by atoms with E-state index >= 15 is 0 Å². The zero-order valence-corrected chi connectivity index (χ0v) is 11.6. The average molecular weight is 298 g/mol. The molecule has 0 radical (unpaired) electrons. The van der Waals surface area contributed by atoms with Gasteiger partial charge in [0.25, 0.3) is 5.56 Å². The Morgan fingerprint density at radius 1 is 1.71 bits per heavy atom. The Morgan fingerprint density at radius 3 is 3.06 bits per heavy atom. The third-order valence-corrected chi connectivity index (χ3v) is 2.58. The van der Waals surface area contributed by atoms with Gasteiger partial charge in [0.15, 0.2) is 0 Å². The third-order valence-electron chi connectivity index (χ3n) is 2.15. The molecule has 1 heterocycles. The molecular weight excluding hydrogens is 282 g/mol. The van der Waals surface area contributed by atoms with Crippen molar-refractivity contribution in [3.63, 3.8) is 0 Å². The van der Waals surface area contributed by atoms with Gasteiger partial charge in [-0.15, -0.1) is 6.58 Å². The van der Waals surface area contributed by atoms with Crippen LogP contribution in [0, 0.1) is 0 Å². The maximum Gasteiger partial charge on any atom is 0.274 e. The first-order valence-electron chi connectivity index (χ1n) is 5.29. The number of nitrogens with one attached hydrogen (secondary N) is 1. The highest BCUT2D eigenvalue weighted by atomic mass is 79.9. The highest BCUT2D eigenvalue weighted by Gasteiger charge is 2.03. The van der Waals surface area contributed by atoms with Crippen LogP contribution in [0.25, 0.3) is 0 Å². The lowest BCUT2D eigenvalue weighted by Gasteiger charge is -2.07. The van der Waals surface area contributed by atoms with Gasteiger partial charge in [-0.3, -0.25) is 9.79 Å². The van der Waals surface area contributed by atoms with Crippen LogP contribution < -0.4 is 10.9 Å². The van der Waals surface area contributed by atoms with Crippen LogP contribution in [0.5, 0.6) is 0 Å². The summed E-state index contributed by atoms with van der Waals surface area (Å²) in [5.41, 5.74) is 0.438. The predicted molar refractivity (Wildman–Crippen MR) is 75.8 cm³/mol. The maximum atomic E-state index is 11.8. The number of nitrogens with zero attached hydrogens (tertiary/aromatic N) is 2. The van der Waals surface area contributed by atoms with E-state index in [4.69, 9.17) is 0 Å². The third kappa shape index (κ3) is 4.19. The molecule has 0 bridgehead atoms. The summed E-state index contributed by atoms with van der Waals surface area (Å²) in [6.07, 6.45) is 4.36. The van der Waals surface area contributed by atoms with Crippen molar-refractivity contribution in [2.45, 2.75) is 13.3 Å². The lowest BCUT2D eigenvalue weighted by Crippen LogP contribution is -2.22. The number of aryl methyl sites for hydroxylation is 1. The Morgan fingerprint density at radius 2 is 2.41 bits per heavy atom. The largest absolute Gasteiger partial charge is 0.340 e. The molecule has 5 heteroatoms. The lowest BCUT2D eigenvalue weighted by molar-refractivity contribution is 0.858. The predicted octanol–water partition coefficient (Wildman–Crippen LogP) is 2.55. The molecule has 0 aliphatic heterocycles. The van der Waals surface area contributed by atoms with E-state index in [0.29, 0.717) is 12.2 Å². The second kappa shape index (κ2) is 6.39. The first kappa shape index (κ1) is 13.7. The Bertz CT molecular complexity index is 491. The molecule has 0 saturated carbocycles. The summed E-state index contributed by atoms with van der Waals surface area (Å²) in [5.74, 6) is 0.724. The molecule has 0 aliphatic rings. The van der Waals surface area contributed by atoms with Crippen molar-refractivity contribution in [1.29, 1.82) is 0 Å². The van der Waals surface area contributed by atoms with Crippen LogP contribution in [0.2, 0.25) is 0 Å². The Hall–Kier alpha value is -1.36. The number of aliphatic imine (C=N–C) groups is 1. The molecule has 0 saturated heterocycles. The summed E-state index contributed by atoms with van der Waals surface area (Å²) in [7, 11) is 1.71. The van der Waals surface area contributed by atoms with E-state index in [9.17, 15) is 4.79 Å². The molecule has 4 nitrogen and oxygen atoms in total. The molecule has 0 aliphatic carbocycles. The average Bonchev–Trinajstić information content (AvgIpc) is 2.25. The summed E-state index contributed by atoms with van der Waals surface area (Å²) < 4.78 is 2.37. The summed E-state index contributed by atoms with van der Waals surface area (Å²) in [6.45, 7) is 6.14. The van der Waals surface area contributed by atoms with Crippen LogP contribution in [0.3, 0.4) is 0 Å². The first-order valence-corrected chi connectivity index (χ1v) is 6.09. The summed E-state index contributed by atoms with van der Waals surface area (Å²) in [4.78, 5) is 16.1. The number of anilines is 1. The fourth-order valence-electron chi connectivity index (χ4n) is 1.32.